The molecule has 1 amide bonds. The van der Waals surface area contributed by atoms with Crippen LogP contribution in [-0.4, -0.2) is 44.6 Å². The largest absolute Gasteiger partial charge is 0.497 e. The van der Waals surface area contributed by atoms with Crippen LogP contribution in [-0.2, 0) is 16.1 Å². The first-order chi connectivity index (χ1) is 13.2. The molecule has 1 unspecified atom stereocenters. The normalized spacial score (nSPS) is 15.3. The molecular formula is C21H26N2O3S. The summed E-state index contributed by atoms with van der Waals surface area (Å²) >= 11 is 1.54. The van der Waals surface area contributed by atoms with Crippen LogP contribution >= 0.6 is 11.8 Å². The van der Waals surface area contributed by atoms with Gasteiger partial charge in [-0.25, -0.2) is 0 Å². The van der Waals surface area contributed by atoms with E-state index in [1.807, 2.05) is 31.2 Å². The topological polar surface area (TPSA) is 50.8 Å². The fourth-order valence-corrected chi connectivity index (χ4v) is 3.78. The van der Waals surface area contributed by atoms with E-state index in [1.165, 1.54) is 5.69 Å². The Morgan fingerprint density at radius 2 is 1.81 bits per heavy atom. The highest BCUT2D eigenvalue weighted by Crippen LogP contribution is 2.25. The molecule has 0 radical (unpaired) electrons. The van der Waals surface area contributed by atoms with Gasteiger partial charge in [0.05, 0.1) is 25.6 Å². The maximum Gasteiger partial charge on any atom is 0.233 e. The number of hydrogen-bond donors (Lipinski definition) is 1. The second-order valence-corrected chi connectivity index (χ2v) is 7.83. The molecule has 0 aliphatic carbocycles. The highest BCUT2D eigenvalue weighted by molar-refractivity contribution is 8.00. The van der Waals surface area contributed by atoms with Crippen molar-refractivity contribution in [2.45, 2.75) is 23.6 Å². The van der Waals surface area contributed by atoms with Crippen molar-refractivity contribution in [1.29, 1.82) is 0 Å². The standard InChI is InChI=1S/C21H26N2O3S/c1-16(27-20-9-7-19(25-2)8-10-20)21(24)22-15-17-3-5-18(6-4-17)23-11-13-26-14-12-23/h3-10,16H,11-15H2,1-2H3,(H,22,24). The van der Waals surface area contributed by atoms with Crippen molar-refractivity contribution in [3.8, 4) is 5.75 Å². The van der Waals surface area contributed by atoms with Crippen molar-refractivity contribution in [1.82, 2.24) is 5.32 Å². The highest BCUT2D eigenvalue weighted by atomic mass is 32.2. The first-order valence-corrected chi connectivity index (χ1v) is 10.0. The van der Waals surface area contributed by atoms with Crippen molar-refractivity contribution in [3.63, 3.8) is 0 Å². The minimum absolute atomic E-state index is 0.0353. The van der Waals surface area contributed by atoms with E-state index in [2.05, 4.69) is 34.5 Å². The zero-order valence-electron chi connectivity index (χ0n) is 15.8. The van der Waals surface area contributed by atoms with Gasteiger partial charge in [0.25, 0.3) is 0 Å². The summed E-state index contributed by atoms with van der Waals surface area (Å²) < 4.78 is 10.5. The average Bonchev–Trinajstić information content (AvgIpc) is 2.73. The van der Waals surface area contributed by atoms with Crippen LogP contribution in [0.15, 0.2) is 53.4 Å². The van der Waals surface area contributed by atoms with E-state index in [0.717, 1.165) is 42.5 Å². The van der Waals surface area contributed by atoms with Crippen molar-refractivity contribution >= 4 is 23.4 Å². The van der Waals surface area contributed by atoms with E-state index in [-0.39, 0.29) is 11.2 Å². The molecule has 27 heavy (non-hydrogen) atoms. The Kier molecular flexibility index (Phi) is 7.01. The number of rotatable bonds is 7. The van der Waals surface area contributed by atoms with Gasteiger partial charge in [-0.1, -0.05) is 12.1 Å². The van der Waals surface area contributed by atoms with Gasteiger partial charge in [-0.15, -0.1) is 11.8 Å². The number of nitrogens with one attached hydrogen (secondary N) is 1. The molecule has 2 aromatic rings. The SMILES string of the molecule is COc1ccc(SC(C)C(=O)NCc2ccc(N3CCOCC3)cc2)cc1. The molecule has 1 fully saturated rings. The van der Waals surface area contributed by atoms with Gasteiger partial charge < -0.3 is 19.7 Å². The van der Waals surface area contributed by atoms with Crippen LogP contribution in [0, 0.1) is 0 Å². The number of ether oxygens (including phenoxy) is 2. The summed E-state index contributed by atoms with van der Waals surface area (Å²) in [4.78, 5) is 15.7. The molecule has 1 N–H and O–H groups in total. The second-order valence-electron chi connectivity index (χ2n) is 6.42. The van der Waals surface area contributed by atoms with Gasteiger partial charge in [-0.05, 0) is 48.9 Å². The molecular weight excluding hydrogens is 360 g/mol. The smallest absolute Gasteiger partial charge is 0.233 e. The molecule has 0 saturated carbocycles. The van der Waals surface area contributed by atoms with Crippen LogP contribution in [0.25, 0.3) is 0 Å². The van der Waals surface area contributed by atoms with E-state index in [9.17, 15) is 4.79 Å². The maximum atomic E-state index is 12.4. The summed E-state index contributed by atoms with van der Waals surface area (Å²) in [6, 6.07) is 16.1. The Morgan fingerprint density at radius 3 is 2.44 bits per heavy atom. The number of hydrogen-bond acceptors (Lipinski definition) is 5. The van der Waals surface area contributed by atoms with E-state index >= 15 is 0 Å². The number of carbonyl (C=O) groups excluding carboxylic acids is 1. The predicted octanol–water partition coefficient (Wildman–Crippen LogP) is 3.33. The molecule has 2 aromatic carbocycles. The van der Waals surface area contributed by atoms with Gasteiger partial charge in [-0.2, -0.15) is 0 Å². The molecule has 3 rings (SSSR count). The molecule has 1 aliphatic rings. The molecule has 1 atom stereocenters. The zero-order valence-corrected chi connectivity index (χ0v) is 16.6. The van der Waals surface area contributed by atoms with Crippen molar-refractivity contribution in [2.75, 3.05) is 38.3 Å². The minimum atomic E-state index is -0.161. The number of morpholine rings is 1. The van der Waals surface area contributed by atoms with Crippen molar-refractivity contribution in [2.24, 2.45) is 0 Å². The van der Waals surface area contributed by atoms with Crippen LogP contribution in [0.1, 0.15) is 12.5 Å². The van der Waals surface area contributed by atoms with E-state index in [4.69, 9.17) is 9.47 Å². The lowest BCUT2D eigenvalue weighted by molar-refractivity contribution is -0.120. The Bertz CT molecular complexity index is 728. The van der Waals surface area contributed by atoms with Crippen LogP contribution in [0.3, 0.4) is 0 Å². The molecule has 1 saturated heterocycles. The Hall–Kier alpha value is -2.18. The second kappa shape index (κ2) is 9.67. The Labute approximate surface area is 165 Å². The Balaban J connectivity index is 1.47. The summed E-state index contributed by atoms with van der Waals surface area (Å²) in [7, 11) is 1.64. The Morgan fingerprint density at radius 1 is 1.15 bits per heavy atom. The van der Waals surface area contributed by atoms with Crippen LogP contribution in [0.5, 0.6) is 5.75 Å². The third kappa shape index (κ3) is 5.65. The molecule has 0 aromatic heterocycles. The van der Waals surface area contributed by atoms with Crippen molar-refractivity contribution in [3.05, 3.63) is 54.1 Å². The molecule has 5 nitrogen and oxygen atoms in total. The fourth-order valence-electron chi connectivity index (χ4n) is 2.89. The number of benzene rings is 2. The van der Waals surface area contributed by atoms with Crippen molar-refractivity contribution < 1.29 is 14.3 Å². The number of amides is 1. The van der Waals surface area contributed by atoms with Crippen LogP contribution < -0.4 is 15.0 Å². The van der Waals surface area contributed by atoms with Gasteiger partial charge in [0.15, 0.2) is 0 Å². The summed E-state index contributed by atoms with van der Waals surface area (Å²) in [5.41, 5.74) is 2.30. The summed E-state index contributed by atoms with van der Waals surface area (Å²) in [6.45, 7) is 5.87. The first-order valence-electron chi connectivity index (χ1n) is 9.16. The lowest BCUT2D eigenvalue weighted by Crippen LogP contribution is -2.36. The van der Waals surface area contributed by atoms with E-state index in [1.54, 1.807) is 18.9 Å². The number of thioether (sulfide) groups is 1. The highest BCUT2D eigenvalue weighted by Gasteiger charge is 2.15. The van der Waals surface area contributed by atoms with Gasteiger partial charge in [-0.3, -0.25) is 4.79 Å². The van der Waals surface area contributed by atoms with Gasteiger partial charge in [0.2, 0.25) is 5.91 Å². The maximum absolute atomic E-state index is 12.4. The van der Waals surface area contributed by atoms with Crippen LogP contribution in [0.2, 0.25) is 0 Å². The quantitative estimate of drug-likeness (QED) is 0.740. The third-order valence-electron chi connectivity index (χ3n) is 4.52. The molecule has 1 aliphatic heterocycles. The van der Waals surface area contributed by atoms with E-state index < -0.39 is 0 Å². The molecule has 0 bridgehead atoms. The lowest BCUT2D eigenvalue weighted by atomic mass is 10.2. The third-order valence-corrected chi connectivity index (χ3v) is 5.63. The average molecular weight is 387 g/mol. The predicted molar refractivity (Wildman–Crippen MR) is 110 cm³/mol. The molecule has 1 heterocycles. The summed E-state index contributed by atoms with van der Waals surface area (Å²) in [6.07, 6.45) is 0. The van der Waals surface area contributed by atoms with Crippen LogP contribution in [0.4, 0.5) is 5.69 Å². The first kappa shape index (κ1) is 19.6. The van der Waals surface area contributed by atoms with Gasteiger partial charge in [0, 0.05) is 30.2 Å². The number of methoxy groups -OCH3 is 1. The fraction of sp³-hybridized carbons (Fsp3) is 0.381. The summed E-state index contributed by atoms with van der Waals surface area (Å²) in [5.74, 6) is 0.852. The summed E-state index contributed by atoms with van der Waals surface area (Å²) in [5, 5.41) is 2.86. The minimum Gasteiger partial charge on any atom is -0.497 e. The number of nitrogens with zero attached hydrogens (tertiary/aromatic N) is 1. The molecule has 0 spiro atoms. The van der Waals surface area contributed by atoms with E-state index in [0.29, 0.717) is 6.54 Å². The number of carbonyl (C=O) groups is 1. The zero-order chi connectivity index (χ0) is 19.1. The van der Waals surface area contributed by atoms with Gasteiger partial charge in [0.1, 0.15) is 5.75 Å². The lowest BCUT2D eigenvalue weighted by Gasteiger charge is -2.28. The molecule has 144 valence electrons. The van der Waals surface area contributed by atoms with Gasteiger partial charge >= 0.3 is 0 Å². The monoisotopic (exact) mass is 386 g/mol. The number of anilines is 1. The molecule has 6 heteroatoms.